The van der Waals surface area contributed by atoms with E-state index in [0.717, 1.165) is 11.4 Å². The smallest absolute Gasteiger partial charge is 0.142 e. The van der Waals surface area contributed by atoms with Crippen LogP contribution in [0.1, 0.15) is 13.8 Å². The van der Waals surface area contributed by atoms with Crippen molar-refractivity contribution in [2.24, 2.45) is 0 Å². The van der Waals surface area contributed by atoms with Crippen LogP contribution in [0.3, 0.4) is 0 Å². The number of methoxy groups -OCH3 is 2. The van der Waals surface area contributed by atoms with Crippen LogP contribution in [0.25, 0.3) is 0 Å². The molecule has 108 valence electrons. The molecule has 1 atom stereocenters. The van der Waals surface area contributed by atoms with Crippen molar-refractivity contribution in [3.8, 4) is 11.5 Å². The molecule has 0 radical (unpaired) electrons. The van der Waals surface area contributed by atoms with Crippen LogP contribution in [0.5, 0.6) is 11.5 Å². The largest absolute Gasteiger partial charge is 0.497 e. The van der Waals surface area contributed by atoms with Crippen molar-refractivity contribution in [2.45, 2.75) is 26.1 Å². The van der Waals surface area contributed by atoms with Crippen LogP contribution in [-0.4, -0.2) is 44.7 Å². The van der Waals surface area contributed by atoms with E-state index in [1.165, 1.54) is 0 Å². The minimum Gasteiger partial charge on any atom is -0.497 e. The fourth-order valence-corrected chi connectivity index (χ4v) is 1.54. The minimum absolute atomic E-state index is 0.112. The normalized spacial score (nSPS) is 12.3. The number of hydrogen-bond donors (Lipinski definition) is 2. The number of rotatable bonds is 8. The molecular formula is C14H23NO4. The van der Waals surface area contributed by atoms with Crippen molar-refractivity contribution in [3.05, 3.63) is 18.2 Å². The maximum absolute atomic E-state index is 9.79. The number of hydrogen-bond acceptors (Lipinski definition) is 5. The average molecular weight is 269 g/mol. The molecule has 1 aromatic rings. The van der Waals surface area contributed by atoms with Crippen LogP contribution in [0.15, 0.2) is 18.2 Å². The van der Waals surface area contributed by atoms with Gasteiger partial charge in [0.2, 0.25) is 0 Å². The predicted octanol–water partition coefficient (Wildman–Crippen LogP) is 1.90. The van der Waals surface area contributed by atoms with Gasteiger partial charge in [-0.15, -0.1) is 0 Å². The van der Waals surface area contributed by atoms with Crippen LogP contribution in [0, 0.1) is 0 Å². The van der Waals surface area contributed by atoms with Crippen molar-refractivity contribution >= 4 is 5.69 Å². The Labute approximate surface area is 114 Å². The van der Waals surface area contributed by atoms with Crippen molar-refractivity contribution < 1.29 is 19.3 Å². The van der Waals surface area contributed by atoms with Gasteiger partial charge in [-0.05, 0) is 26.0 Å². The molecule has 2 N–H and O–H groups in total. The minimum atomic E-state index is -0.571. The molecular weight excluding hydrogens is 246 g/mol. The van der Waals surface area contributed by atoms with E-state index in [2.05, 4.69) is 5.32 Å². The highest BCUT2D eigenvalue weighted by Crippen LogP contribution is 2.28. The first-order valence-corrected chi connectivity index (χ1v) is 6.32. The number of aliphatic hydroxyl groups excluding tert-OH is 1. The third kappa shape index (κ3) is 5.36. The summed E-state index contributed by atoms with van der Waals surface area (Å²) < 4.78 is 15.7. The third-order valence-corrected chi connectivity index (χ3v) is 2.56. The Morgan fingerprint density at radius 3 is 2.53 bits per heavy atom. The van der Waals surface area contributed by atoms with E-state index in [9.17, 15) is 5.11 Å². The number of ether oxygens (including phenoxy) is 3. The van der Waals surface area contributed by atoms with Gasteiger partial charge in [-0.3, -0.25) is 0 Å². The van der Waals surface area contributed by atoms with Gasteiger partial charge in [0.25, 0.3) is 0 Å². The van der Waals surface area contributed by atoms with Gasteiger partial charge in [-0.1, -0.05) is 0 Å². The van der Waals surface area contributed by atoms with Crippen LogP contribution < -0.4 is 14.8 Å². The van der Waals surface area contributed by atoms with Gasteiger partial charge in [-0.25, -0.2) is 0 Å². The topological polar surface area (TPSA) is 60.0 Å². The highest BCUT2D eigenvalue weighted by atomic mass is 16.5. The molecule has 0 amide bonds. The summed E-state index contributed by atoms with van der Waals surface area (Å²) in [5.74, 6) is 1.44. The summed E-state index contributed by atoms with van der Waals surface area (Å²) >= 11 is 0. The maximum atomic E-state index is 9.79. The van der Waals surface area contributed by atoms with E-state index in [4.69, 9.17) is 14.2 Å². The summed E-state index contributed by atoms with van der Waals surface area (Å²) in [5, 5.41) is 12.9. The Morgan fingerprint density at radius 1 is 1.21 bits per heavy atom. The lowest BCUT2D eigenvalue weighted by molar-refractivity contribution is 0.0112. The summed E-state index contributed by atoms with van der Waals surface area (Å²) in [6.07, 6.45) is -0.459. The standard InChI is InChI=1S/C14H23NO4/c1-10(2)19-9-11(16)8-15-13-7-12(17-3)5-6-14(13)18-4/h5-7,10-11,15-16H,8-9H2,1-4H3. The zero-order chi connectivity index (χ0) is 14.3. The molecule has 0 bridgehead atoms. The summed E-state index contributed by atoms with van der Waals surface area (Å²) in [5.41, 5.74) is 0.783. The Balaban J connectivity index is 2.55. The summed E-state index contributed by atoms with van der Waals surface area (Å²) in [6.45, 7) is 4.56. The molecule has 0 spiro atoms. The highest BCUT2D eigenvalue weighted by Gasteiger charge is 2.09. The van der Waals surface area contributed by atoms with Crippen LogP contribution in [0.2, 0.25) is 0 Å². The lowest BCUT2D eigenvalue weighted by Crippen LogP contribution is -2.26. The monoisotopic (exact) mass is 269 g/mol. The Morgan fingerprint density at radius 2 is 1.95 bits per heavy atom. The van der Waals surface area contributed by atoms with Gasteiger partial charge in [0.1, 0.15) is 11.5 Å². The first-order valence-electron chi connectivity index (χ1n) is 6.32. The molecule has 19 heavy (non-hydrogen) atoms. The van der Waals surface area contributed by atoms with Crippen molar-refractivity contribution in [3.63, 3.8) is 0 Å². The fourth-order valence-electron chi connectivity index (χ4n) is 1.54. The van der Waals surface area contributed by atoms with Gasteiger partial charge < -0.3 is 24.6 Å². The Bertz CT molecular complexity index is 382. The summed E-state index contributed by atoms with van der Waals surface area (Å²) in [6, 6.07) is 5.47. The molecule has 0 aromatic heterocycles. The first-order chi connectivity index (χ1) is 9.06. The molecule has 0 aliphatic carbocycles. The van der Waals surface area contributed by atoms with E-state index < -0.39 is 6.10 Å². The Kier molecular flexibility index (Phi) is 6.45. The molecule has 5 nitrogen and oxygen atoms in total. The average Bonchev–Trinajstić information content (AvgIpc) is 2.42. The fraction of sp³-hybridized carbons (Fsp3) is 0.571. The van der Waals surface area contributed by atoms with E-state index in [-0.39, 0.29) is 6.10 Å². The highest BCUT2D eigenvalue weighted by molar-refractivity contribution is 5.59. The molecule has 1 unspecified atom stereocenters. The van der Waals surface area contributed by atoms with Gasteiger partial charge >= 0.3 is 0 Å². The lowest BCUT2D eigenvalue weighted by atomic mass is 10.2. The number of benzene rings is 1. The SMILES string of the molecule is COc1ccc(OC)c(NCC(O)COC(C)C)c1. The molecule has 5 heteroatoms. The maximum Gasteiger partial charge on any atom is 0.142 e. The van der Waals surface area contributed by atoms with Gasteiger partial charge in [-0.2, -0.15) is 0 Å². The second kappa shape index (κ2) is 7.86. The van der Waals surface area contributed by atoms with E-state index >= 15 is 0 Å². The van der Waals surface area contributed by atoms with Gasteiger partial charge in [0, 0.05) is 12.6 Å². The summed E-state index contributed by atoms with van der Waals surface area (Å²) in [4.78, 5) is 0. The molecule has 0 aliphatic rings. The van der Waals surface area contributed by atoms with Crippen molar-refractivity contribution in [2.75, 3.05) is 32.7 Å². The first kappa shape index (κ1) is 15.6. The summed E-state index contributed by atoms with van der Waals surface area (Å²) in [7, 11) is 3.21. The zero-order valence-electron chi connectivity index (χ0n) is 12.0. The van der Waals surface area contributed by atoms with E-state index in [1.54, 1.807) is 14.2 Å². The van der Waals surface area contributed by atoms with Crippen LogP contribution in [-0.2, 0) is 4.74 Å². The predicted molar refractivity (Wildman–Crippen MR) is 75.1 cm³/mol. The molecule has 0 aliphatic heterocycles. The number of nitrogens with one attached hydrogen (secondary N) is 1. The molecule has 1 rings (SSSR count). The van der Waals surface area contributed by atoms with E-state index in [0.29, 0.717) is 18.9 Å². The second-order valence-corrected chi connectivity index (χ2v) is 4.48. The lowest BCUT2D eigenvalue weighted by Gasteiger charge is -2.17. The molecule has 0 heterocycles. The molecule has 0 fully saturated rings. The van der Waals surface area contributed by atoms with Gasteiger partial charge in [0.05, 0.1) is 38.7 Å². The third-order valence-electron chi connectivity index (χ3n) is 2.56. The Hall–Kier alpha value is -1.46. The van der Waals surface area contributed by atoms with E-state index in [1.807, 2.05) is 32.0 Å². The quantitative estimate of drug-likeness (QED) is 0.755. The molecule has 0 saturated carbocycles. The van der Waals surface area contributed by atoms with Crippen molar-refractivity contribution in [1.82, 2.24) is 0 Å². The van der Waals surface area contributed by atoms with Gasteiger partial charge in [0.15, 0.2) is 0 Å². The zero-order valence-corrected chi connectivity index (χ0v) is 12.0. The van der Waals surface area contributed by atoms with Crippen molar-refractivity contribution in [1.29, 1.82) is 0 Å². The van der Waals surface area contributed by atoms with Crippen LogP contribution in [0.4, 0.5) is 5.69 Å². The number of anilines is 1. The molecule has 0 saturated heterocycles. The van der Waals surface area contributed by atoms with Crippen LogP contribution >= 0.6 is 0 Å². The number of aliphatic hydroxyl groups is 1. The molecule has 1 aromatic carbocycles. The second-order valence-electron chi connectivity index (χ2n) is 4.48.